The molecule has 2 rings (SSSR count). The molecule has 4 nitrogen and oxygen atoms in total. The zero-order chi connectivity index (χ0) is 14.2. The number of carbonyl (C=O) groups excluding carboxylic acids is 1. The first-order valence-corrected chi connectivity index (χ1v) is 6.37. The molecule has 0 spiro atoms. The van der Waals surface area contributed by atoms with Gasteiger partial charge in [0.05, 0.1) is 0 Å². The third-order valence-corrected chi connectivity index (χ3v) is 3.72. The van der Waals surface area contributed by atoms with Crippen LogP contribution in [0.3, 0.4) is 0 Å². The Balaban J connectivity index is 2.31. The van der Waals surface area contributed by atoms with Crippen LogP contribution in [0.1, 0.15) is 5.56 Å². The van der Waals surface area contributed by atoms with Crippen molar-refractivity contribution in [1.29, 1.82) is 0 Å². The van der Waals surface area contributed by atoms with E-state index in [9.17, 15) is 4.79 Å². The van der Waals surface area contributed by atoms with E-state index in [1.54, 1.807) is 11.9 Å². The molecule has 1 fully saturated rings. The average Bonchev–Trinajstić information content (AvgIpc) is 2.57. The highest BCUT2D eigenvalue weighted by molar-refractivity contribution is 7.80. The number of benzene rings is 1. The van der Waals surface area contributed by atoms with E-state index < -0.39 is 0 Å². The molecule has 0 aromatic heterocycles. The van der Waals surface area contributed by atoms with Crippen LogP contribution < -0.4 is 4.90 Å². The maximum Gasteiger partial charge on any atom is 0.276 e. The lowest BCUT2D eigenvalue weighted by Gasteiger charge is -2.13. The maximum atomic E-state index is 12.0. The van der Waals surface area contributed by atoms with Gasteiger partial charge in [0.25, 0.3) is 5.91 Å². The van der Waals surface area contributed by atoms with Crippen LogP contribution in [-0.4, -0.2) is 49.0 Å². The molecule has 0 bridgehead atoms. The van der Waals surface area contributed by atoms with E-state index >= 15 is 0 Å². The largest absolute Gasteiger partial charge is 0.378 e. The van der Waals surface area contributed by atoms with Gasteiger partial charge in [-0.2, -0.15) is 0 Å². The molecule has 100 valence electrons. The van der Waals surface area contributed by atoms with E-state index in [2.05, 4.69) is 0 Å². The van der Waals surface area contributed by atoms with Crippen molar-refractivity contribution in [3.05, 3.63) is 35.5 Å². The highest BCUT2D eigenvalue weighted by atomic mass is 32.1. The molecular weight excluding hydrogens is 258 g/mol. The van der Waals surface area contributed by atoms with Crippen LogP contribution in [0, 0.1) is 0 Å². The van der Waals surface area contributed by atoms with Crippen LogP contribution in [0.15, 0.2) is 30.0 Å². The van der Waals surface area contributed by atoms with Crippen molar-refractivity contribution in [2.45, 2.75) is 0 Å². The first-order chi connectivity index (χ1) is 8.91. The number of likely N-dealkylation sites (N-methyl/N-ethyl adjacent to an activating group) is 2. The second-order valence-corrected chi connectivity index (χ2v) is 5.09. The minimum atomic E-state index is -0.0656. The molecule has 1 aromatic rings. The lowest BCUT2D eigenvalue weighted by Crippen LogP contribution is -2.26. The van der Waals surface area contributed by atoms with Gasteiger partial charge in [-0.1, -0.05) is 12.1 Å². The molecule has 1 amide bonds. The molecule has 1 aliphatic heterocycles. The van der Waals surface area contributed by atoms with Crippen molar-refractivity contribution in [3.63, 3.8) is 0 Å². The summed E-state index contributed by atoms with van der Waals surface area (Å²) in [6.07, 6.45) is 1.86. The quantitative estimate of drug-likeness (QED) is 0.607. The van der Waals surface area contributed by atoms with E-state index in [0.29, 0.717) is 10.8 Å². The van der Waals surface area contributed by atoms with E-state index in [1.807, 2.05) is 56.4 Å². The number of carbonyl (C=O) groups is 1. The molecule has 19 heavy (non-hydrogen) atoms. The van der Waals surface area contributed by atoms with Crippen molar-refractivity contribution in [2.75, 3.05) is 33.1 Å². The molecule has 1 saturated heterocycles. The molecule has 0 N–H and O–H groups in total. The van der Waals surface area contributed by atoms with Crippen LogP contribution in [-0.2, 0) is 4.79 Å². The van der Waals surface area contributed by atoms with Gasteiger partial charge in [0.15, 0.2) is 5.11 Å². The number of hydrogen-bond acceptors (Lipinski definition) is 3. The van der Waals surface area contributed by atoms with Gasteiger partial charge in [0, 0.05) is 33.9 Å². The number of anilines is 1. The van der Waals surface area contributed by atoms with Crippen molar-refractivity contribution >= 4 is 35.0 Å². The minimum absolute atomic E-state index is 0.0656. The Morgan fingerprint density at radius 2 is 1.68 bits per heavy atom. The Hall–Kier alpha value is -1.88. The monoisotopic (exact) mass is 275 g/mol. The van der Waals surface area contributed by atoms with Gasteiger partial charge in [-0.05, 0) is 36.0 Å². The van der Waals surface area contributed by atoms with Crippen LogP contribution in [0.5, 0.6) is 0 Å². The number of rotatable bonds is 2. The number of nitrogens with zero attached hydrogens (tertiary/aromatic N) is 3. The lowest BCUT2D eigenvalue weighted by atomic mass is 10.1. The third-order valence-electron chi connectivity index (χ3n) is 3.17. The number of thiocarbonyl (C=S) groups is 1. The van der Waals surface area contributed by atoms with Gasteiger partial charge in [-0.3, -0.25) is 9.69 Å². The van der Waals surface area contributed by atoms with Gasteiger partial charge < -0.3 is 9.80 Å². The number of hydrogen-bond donors (Lipinski definition) is 0. The smallest absolute Gasteiger partial charge is 0.276 e. The van der Waals surface area contributed by atoms with Crippen LogP contribution >= 0.6 is 12.2 Å². The summed E-state index contributed by atoms with van der Waals surface area (Å²) in [6, 6.07) is 8.03. The topological polar surface area (TPSA) is 26.8 Å². The fourth-order valence-corrected chi connectivity index (χ4v) is 2.10. The summed E-state index contributed by atoms with van der Waals surface area (Å²) in [7, 11) is 7.49. The molecular formula is C14H17N3OS. The Kier molecular flexibility index (Phi) is 3.57. The summed E-state index contributed by atoms with van der Waals surface area (Å²) < 4.78 is 0. The third kappa shape index (κ3) is 2.46. The Morgan fingerprint density at radius 3 is 2.11 bits per heavy atom. The molecule has 0 unspecified atom stereocenters. The molecule has 1 heterocycles. The minimum Gasteiger partial charge on any atom is -0.378 e. The van der Waals surface area contributed by atoms with Gasteiger partial charge in [-0.25, -0.2) is 0 Å². The summed E-state index contributed by atoms with van der Waals surface area (Å²) in [5, 5.41) is 0.529. The maximum absolute atomic E-state index is 12.0. The standard InChI is InChI=1S/C14H17N3OS/c1-15(2)11-7-5-10(6-8-11)9-12-13(18)17(4)14(19)16(12)3/h5-9H,1-4H3. The Bertz CT molecular complexity index is 548. The second kappa shape index (κ2) is 5.01. The van der Waals surface area contributed by atoms with Gasteiger partial charge >= 0.3 is 0 Å². The predicted octanol–water partition coefficient (Wildman–Crippen LogP) is 1.78. The number of amides is 1. The molecule has 5 heteroatoms. The van der Waals surface area contributed by atoms with Crippen molar-refractivity contribution in [1.82, 2.24) is 9.80 Å². The molecule has 1 aromatic carbocycles. The average molecular weight is 275 g/mol. The normalized spacial score (nSPS) is 17.6. The van der Waals surface area contributed by atoms with Gasteiger partial charge in [0.2, 0.25) is 0 Å². The molecule has 1 aliphatic rings. The Morgan fingerprint density at radius 1 is 1.11 bits per heavy atom. The summed E-state index contributed by atoms with van der Waals surface area (Å²) in [5.41, 5.74) is 2.71. The summed E-state index contributed by atoms with van der Waals surface area (Å²) >= 11 is 5.17. The fraction of sp³-hybridized carbons (Fsp3) is 0.286. The highest BCUT2D eigenvalue weighted by Crippen LogP contribution is 2.21. The predicted molar refractivity (Wildman–Crippen MR) is 81.9 cm³/mol. The summed E-state index contributed by atoms with van der Waals surface area (Å²) in [5.74, 6) is -0.0656. The first kappa shape index (κ1) is 13.5. The van der Waals surface area contributed by atoms with Gasteiger partial charge in [-0.15, -0.1) is 0 Å². The zero-order valence-corrected chi connectivity index (χ0v) is 12.4. The summed E-state index contributed by atoms with van der Waals surface area (Å²) in [6.45, 7) is 0. The highest BCUT2D eigenvalue weighted by Gasteiger charge is 2.32. The first-order valence-electron chi connectivity index (χ1n) is 5.96. The summed E-state index contributed by atoms with van der Waals surface area (Å²) in [4.78, 5) is 17.3. The van der Waals surface area contributed by atoms with E-state index in [4.69, 9.17) is 12.2 Å². The fourth-order valence-electron chi connectivity index (χ4n) is 1.92. The molecule has 0 saturated carbocycles. The SMILES string of the molecule is CN1C(=O)C(=Cc2ccc(N(C)C)cc2)N(C)C1=S. The van der Waals surface area contributed by atoms with E-state index in [-0.39, 0.29) is 5.91 Å². The van der Waals surface area contributed by atoms with Gasteiger partial charge in [0.1, 0.15) is 5.70 Å². The van der Waals surface area contributed by atoms with Crippen LogP contribution in [0.4, 0.5) is 5.69 Å². The Labute approximate surface area is 118 Å². The molecule has 0 aliphatic carbocycles. The zero-order valence-electron chi connectivity index (χ0n) is 11.5. The van der Waals surface area contributed by atoms with Crippen molar-refractivity contribution < 1.29 is 4.79 Å². The van der Waals surface area contributed by atoms with E-state index in [0.717, 1.165) is 11.3 Å². The van der Waals surface area contributed by atoms with E-state index in [1.165, 1.54) is 4.90 Å². The van der Waals surface area contributed by atoms with Crippen molar-refractivity contribution in [2.24, 2.45) is 0 Å². The second-order valence-electron chi connectivity index (χ2n) is 4.72. The van der Waals surface area contributed by atoms with Crippen LogP contribution in [0.25, 0.3) is 6.08 Å². The molecule has 0 atom stereocenters. The lowest BCUT2D eigenvalue weighted by molar-refractivity contribution is -0.121. The van der Waals surface area contributed by atoms with Crippen LogP contribution in [0.2, 0.25) is 0 Å². The molecule has 0 radical (unpaired) electrons. The van der Waals surface area contributed by atoms with Crippen molar-refractivity contribution in [3.8, 4) is 0 Å².